The Balaban J connectivity index is 0.000000336. The van der Waals surface area contributed by atoms with Gasteiger partial charge < -0.3 is 20.4 Å². The molecule has 7 nitrogen and oxygen atoms in total. The molecule has 0 aromatic heterocycles. The number of benzene rings is 2. The van der Waals surface area contributed by atoms with E-state index in [2.05, 4.69) is 34.9 Å². The molecule has 2 heterocycles. The van der Waals surface area contributed by atoms with Gasteiger partial charge in [0.05, 0.1) is 17.2 Å². The number of anilines is 1. The van der Waals surface area contributed by atoms with E-state index in [-0.39, 0.29) is 11.8 Å². The first kappa shape index (κ1) is 30.7. The van der Waals surface area contributed by atoms with E-state index in [4.69, 9.17) is 5.26 Å². The lowest BCUT2D eigenvalue weighted by Crippen LogP contribution is -2.47. The smallest absolute Gasteiger partial charge is 0.256 e. The van der Waals surface area contributed by atoms with Gasteiger partial charge in [0.2, 0.25) is 0 Å². The van der Waals surface area contributed by atoms with Crippen LogP contribution in [0.2, 0.25) is 0 Å². The molecule has 0 bridgehead atoms. The predicted octanol–water partition coefficient (Wildman–Crippen LogP) is 4.97. The number of nitriles is 1. The third kappa shape index (κ3) is 7.65. The van der Waals surface area contributed by atoms with Crippen molar-refractivity contribution in [1.29, 1.82) is 5.26 Å². The number of nitrogens with zero attached hydrogens (tertiary/aromatic N) is 3. The normalized spacial score (nSPS) is 16.8. The Bertz CT molecular complexity index is 1380. The van der Waals surface area contributed by atoms with Crippen molar-refractivity contribution in [1.82, 2.24) is 15.1 Å². The Morgan fingerprint density at radius 3 is 2.52 bits per heavy atom. The molecule has 0 saturated carbocycles. The quantitative estimate of drug-likeness (QED) is 0.385. The zero-order valence-corrected chi connectivity index (χ0v) is 25.1. The molecule has 0 spiro atoms. The summed E-state index contributed by atoms with van der Waals surface area (Å²) in [5.41, 5.74) is 7.64. The van der Waals surface area contributed by atoms with Crippen LogP contribution in [0.3, 0.4) is 0 Å². The fraction of sp³-hybridized carbons (Fsp3) is 0.344. The third-order valence-electron chi connectivity index (χ3n) is 7.00. The lowest BCUT2D eigenvalue weighted by Gasteiger charge is -2.33. The van der Waals surface area contributed by atoms with Crippen molar-refractivity contribution in [2.24, 2.45) is 0 Å². The monoisotopic (exact) mass is 557 g/mol. The summed E-state index contributed by atoms with van der Waals surface area (Å²) in [7, 11) is 3.88. The summed E-state index contributed by atoms with van der Waals surface area (Å²) in [5, 5.41) is 14.7. The summed E-state index contributed by atoms with van der Waals surface area (Å²) in [6, 6.07) is 15.7. The number of allylic oxidation sites excluding steroid dienone is 2. The standard InChI is InChI=1S/C23H30N4O2.C9H9NS/c1-6-17(23(29)27-11-9-26(5)10-12-27)16(3)21(24-4)14-19-18-13-15(2)7-8-20(18)25-22(19)28;1-11-7-9-4-2-3-8(5-9)6-10/h6-8,13-14,24H,9-12H2,1-5H3,(H,25,28);2-5H,7H2,1H3/b17-6-,19-14-,21-16-;. The number of carbonyl (C=O) groups excluding carboxylic acids is 2. The van der Waals surface area contributed by atoms with Crippen LogP contribution in [0.15, 0.2) is 71.5 Å². The highest BCUT2D eigenvalue weighted by Crippen LogP contribution is 2.33. The summed E-state index contributed by atoms with van der Waals surface area (Å²) in [6.07, 6.45) is 5.76. The lowest BCUT2D eigenvalue weighted by molar-refractivity contribution is -0.128. The molecule has 2 amide bonds. The van der Waals surface area contributed by atoms with Crippen molar-refractivity contribution in [3.05, 3.63) is 93.7 Å². The molecule has 2 aliphatic heterocycles. The summed E-state index contributed by atoms with van der Waals surface area (Å²) < 4.78 is 0. The van der Waals surface area contributed by atoms with Crippen LogP contribution in [-0.2, 0) is 15.3 Å². The van der Waals surface area contributed by atoms with Crippen LogP contribution in [-0.4, -0.2) is 68.1 Å². The first-order chi connectivity index (χ1) is 19.2. The SMILES string of the molecule is C/C=C(C(=O)N1CCN(C)CC1)/C(C)=C(/C=C1\C(=O)Nc2ccc(C)cc21)NC.CSCc1cccc(C#N)c1. The number of aryl methyl sites for hydroxylation is 1. The van der Waals surface area contributed by atoms with Gasteiger partial charge in [0.1, 0.15) is 0 Å². The lowest BCUT2D eigenvalue weighted by atomic mass is 9.99. The average molecular weight is 558 g/mol. The molecule has 0 unspecified atom stereocenters. The number of hydrogen-bond acceptors (Lipinski definition) is 6. The number of likely N-dealkylation sites (N-methyl/N-ethyl adjacent to an activating group) is 2. The van der Waals surface area contributed by atoms with Crippen LogP contribution >= 0.6 is 11.8 Å². The molecule has 0 aliphatic carbocycles. The Morgan fingerprint density at radius 1 is 1.18 bits per heavy atom. The molecular formula is C32H39N5O2S. The molecule has 0 radical (unpaired) electrons. The molecule has 2 aromatic carbocycles. The van der Waals surface area contributed by atoms with Gasteiger partial charge in [-0.05, 0) is 75.6 Å². The zero-order chi connectivity index (χ0) is 29.2. The van der Waals surface area contributed by atoms with Crippen LogP contribution in [0.4, 0.5) is 5.69 Å². The number of piperazine rings is 1. The number of hydrogen-bond donors (Lipinski definition) is 2. The van der Waals surface area contributed by atoms with E-state index in [0.29, 0.717) is 11.1 Å². The highest BCUT2D eigenvalue weighted by molar-refractivity contribution is 7.97. The largest absolute Gasteiger partial charge is 0.388 e. The van der Waals surface area contributed by atoms with E-state index in [1.807, 2.05) is 87.3 Å². The molecule has 2 N–H and O–H groups in total. The van der Waals surface area contributed by atoms with E-state index in [1.165, 1.54) is 5.56 Å². The minimum atomic E-state index is -0.126. The van der Waals surface area contributed by atoms with Gasteiger partial charge in [0, 0.05) is 61.5 Å². The second kappa shape index (κ2) is 14.5. The second-order valence-electron chi connectivity index (χ2n) is 9.89. The molecule has 2 aliphatic rings. The van der Waals surface area contributed by atoms with Crippen molar-refractivity contribution in [3.8, 4) is 6.07 Å². The van der Waals surface area contributed by atoms with Crippen molar-refractivity contribution in [3.63, 3.8) is 0 Å². The van der Waals surface area contributed by atoms with Crippen molar-refractivity contribution in [2.45, 2.75) is 26.5 Å². The van der Waals surface area contributed by atoms with Gasteiger partial charge in [0.15, 0.2) is 0 Å². The number of thioether (sulfide) groups is 1. The fourth-order valence-corrected chi connectivity index (χ4v) is 5.19. The number of amides is 2. The van der Waals surface area contributed by atoms with Crippen LogP contribution in [0.25, 0.3) is 5.57 Å². The molecule has 40 heavy (non-hydrogen) atoms. The van der Waals surface area contributed by atoms with E-state index < -0.39 is 0 Å². The van der Waals surface area contributed by atoms with Gasteiger partial charge in [-0.25, -0.2) is 0 Å². The van der Waals surface area contributed by atoms with Gasteiger partial charge in [-0.2, -0.15) is 17.0 Å². The maximum absolute atomic E-state index is 13.1. The first-order valence-corrected chi connectivity index (χ1v) is 14.8. The third-order valence-corrected chi connectivity index (χ3v) is 7.62. The fourth-order valence-electron chi connectivity index (χ4n) is 4.68. The molecular weight excluding hydrogens is 518 g/mol. The highest BCUT2D eigenvalue weighted by Gasteiger charge is 2.26. The molecule has 2 aromatic rings. The Kier molecular flexibility index (Phi) is 11.2. The number of carbonyl (C=O) groups is 2. The van der Waals surface area contributed by atoms with Gasteiger partial charge in [-0.15, -0.1) is 0 Å². The summed E-state index contributed by atoms with van der Waals surface area (Å²) in [5.74, 6) is 0.894. The van der Waals surface area contributed by atoms with Gasteiger partial charge in [-0.1, -0.05) is 29.8 Å². The first-order valence-electron chi connectivity index (χ1n) is 13.4. The maximum atomic E-state index is 13.1. The summed E-state index contributed by atoms with van der Waals surface area (Å²) in [4.78, 5) is 29.8. The molecule has 210 valence electrons. The molecule has 1 fully saturated rings. The minimum absolute atomic E-state index is 0.0383. The topological polar surface area (TPSA) is 88.5 Å². The van der Waals surface area contributed by atoms with Gasteiger partial charge in [0.25, 0.3) is 11.8 Å². The Labute approximate surface area is 242 Å². The summed E-state index contributed by atoms with van der Waals surface area (Å²) >= 11 is 1.76. The van der Waals surface area contributed by atoms with Crippen LogP contribution < -0.4 is 10.6 Å². The number of fused-ring (bicyclic) bond motifs is 1. The van der Waals surface area contributed by atoms with Crippen LogP contribution in [0, 0.1) is 18.3 Å². The van der Waals surface area contributed by atoms with Crippen molar-refractivity contribution >= 4 is 34.8 Å². The Hall–Kier alpha value is -3.80. The molecule has 0 atom stereocenters. The number of nitrogens with one attached hydrogen (secondary N) is 2. The maximum Gasteiger partial charge on any atom is 0.256 e. The van der Waals surface area contributed by atoms with E-state index in [0.717, 1.165) is 65.6 Å². The molecule has 4 rings (SSSR count). The molecule has 1 saturated heterocycles. The van der Waals surface area contributed by atoms with Crippen LogP contribution in [0.5, 0.6) is 0 Å². The minimum Gasteiger partial charge on any atom is -0.388 e. The second-order valence-corrected chi connectivity index (χ2v) is 10.8. The average Bonchev–Trinajstić information content (AvgIpc) is 3.26. The van der Waals surface area contributed by atoms with Crippen LogP contribution in [0.1, 0.15) is 36.1 Å². The van der Waals surface area contributed by atoms with E-state index in [9.17, 15) is 9.59 Å². The molecule has 8 heteroatoms. The van der Waals surface area contributed by atoms with Crippen molar-refractivity contribution < 1.29 is 9.59 Å². The summed E-state index contributed by atoms with van der Waals surface area (Å²) in [6.45, 7) is 9.03. The Morgan fingerprint density at radius 2 is 1.90 bits per heavy atom. The zero-order valence-electron chi connectivity index (χ0n) is 24.3. The highest BCUT2D eigenvalue weighted by atomic mass is 32.2. The van der Waals surface area contributed by atoms with Crippen molar-refractivity contribution in [2.75, 3.05) is 51.8 Å². The predicted molar refractivity (Wildman–Crippen MR) is 166 cm³/mol. The van der Waals surface area contributed by atoms with E-state index in [1.54, 1.807) is 11.8 Å². The van der Waals surface area contributed by atoms with Gasteiger partial charge in [-0.3, -0.25) is 9.59 Å². The number of rotatable bonds is 6. The van der Waals surface area contributed by atoms with E-state index >= 15 is 0 Å². The van der Waals surface area contributed by atoms with Gasteiger partial charge >= 0.3 is 0 Å².